The zero-order valence-corrected chi connectivity index (χ0v) is 25.5. The number of pyridine rings is 3. The molecule has 1 fully saturated rings. The maximum atomic E-state index is 14.2. The van der Waals surface area contributed by atoms with Crippen molar-refractivity contribution in [2.24, 2.45) is 0 Å². The van der Waals surface area contributed by atoms with Crippen molar-refractivity contribution in [2.45, 2.75) is 33.2 Å². The zero-order chi connectivity index (χ0) is 31.8. The number of aromatic nitrogens is 4. The number of carbonyl (C=O) groups excluding carboxylic acids is 1. The zero-order valence-electron chi connectivity index (χ0n) is 24.6. The molecular weight excluding hydrogens is 594 g/mol. The predicted molar refractivity (Wildman–Crippen MR) is 165 cm³/mol. The lowest BCUT2D eigenvalue weighted by Crippen LogP contribution is -2.45. The van der Waals surface area contributed by atoms with Gasteiger partial charge in [-0.25, -0.2) is 24.5 Å². The number of amides is 2. The van der Waals surface area contributed by atoms with Gasteiger partial charge in [0.1, 0.15) is 33.5 Å². The molecule has 15 heteroatoms. The predicted octanol–water partition coefficient (Wildman–Crippen LogP) is 4.31. The van der Waals surface area contributed by atoms with E-state index in [1.165, 1.54) is 23.8 Å². The molecule has 1 aliphatic heterocycles. The molecule has 1 aliphatic rings. The van der Waals surface area contributed by atoms with E-state index in [2.05, 4.69) is 30.4 Å². The fourth-order valence-corrected chi connectivity index (χ4v) is 5.92. The number of aryl methyl sites for hydroxylation is 1. The number of nitrogens with one attached hydrogen (secondary N) is 2. The molecule has 1 saturated heterocycles. The van der Waals surface area contributed by atoms with E-state index in [1.54, 1.807) is 17.6 Å². The number of hydrogen-bond donors (Lipinski definition) is 3. The SMILES string of the molecule is CCNC(=O)Nc1cc(-c2nc(C(C)(F)F)cs2)c(-c2cc3c(=O)c(C(=O)O)cn(CC)c3nc2N2CCN(C)CC2)cn1. The highest BCUT2D eigenvalue weighted by Crippen LogP contribution is 2.41. The lowest BCUT2D eigenvalue weighted by Gasteiger charge is -2.34. The molecule has 2 amide bonds. The number of carboxylic acid groups (broad SMARTS) is 1. The number of anilines is 2. The topological polar surface area (TPSA) is 146 Å². The van der Waals surface area contributed by atoms with Crippen LogP contribution in [0.25, 0.3) is 32.7 Å². The van der Waals surface area contributed by atoms with E-state index in [9.17, 15) is 28.3 Å². The molecule has 5 rings (SSSR count). The summed E-state index contributed by atoms with van der Waals surface area (Å²) in [7, 11) is 2.01. The molecule has 0 atom stereocenters. The lowest BCUT2D eigenvalue weighted by atomic mass is 10.00. The van der Waals surface area contributed by atoms with Crippen molar-refractivity contribution in [3.63, 3.8) is 0 Å². The summed E-state index contributed by atoms with van der Waals surface area (Å²) in [4.78, 5) is 55.5. The monoisotopic (exact) mass is 626 g/mol. The van der Waals surface area contributed by atoms with E-state index in [1.807, 2.05) is 14.0 Å². The van der Waals surface area contributed by atoms with Gasteiger partial charge in [-0.05, 0) is 33.0 Å². The number of urea groups is 1. The third-order valence-electron chi connectivity index (χ3n) is 7.36. The largest absolute Gasteiger partial charge is 0.477 e. The molecule has 0 spiro atoms. The number of carbonyl (C=O) groups is 2. The average molecular weight is 627 g/mol. The van der Waals surface area contributed by atoms with Crippen LogP contribution in [0.1, 0.15) is 36.8 Å². The normalized spacial score (nSPS) is 14.2. The first-order chi connectivity index (χ1) is 20.9. The number of alkyl halides is 2. The Morgan fingerprint density at radius 3 is 2.43 bits per heavy atom. The fourth-order valence-electron chi connectivity index (χ4n) is 4.99. The van der Waals surface area contributed by atoms with Crippen LogP contribution in [-0.4, -0.2) is 81.3 Å². The van der Waals surface area contributed by atoms with Crippen molar-refractivity contribution in [1.82, 2.24) is 29.7 Å². The highest BCUT2D eigenvalue weighted by molar-refractivity contribution is 7.13. The Balaban J connectivity index is 1.80. The molecule has 0 radical (unpaired) electrons. The van der Waals surface area contributed by atoms with Gasteiger partial charge in [-0.15, -0.1) is 11.3 Å². The van der Waals surface area contributed by atoms with Crippen LogP contribution in [0.15, 0.2) is 34.7 Å². The van der Waals surface area contributed by atoms with Gasteiger partial charge in [-0.2, -0.15) is 8.78 Å². The summed E-state index contributed by atoms with van der Waals surface area (Å²) < 4.78 is 30.1. The van der Waals surface area contributed by atoms with Crippen molar-refractivity contribution in [1.29, 1.82) is 0 Å². The Labute approximate surface area is 255 Å². The van der Waals surface area contributed by atoms with E-state index in [-0.39, 0.29) is 16.2 Å². The summed E-state index contributed by atoms with van der Waals surface area (Å²) in [6.45, 7) is 7.83. The minimum Gasteiger partial charge on any atom is -0.477 e. The van der Waals surface area contributed by atoms with Gasteiger partial charge >= 0.3 is 12.0 Å². The molecule has 0 saturated carbocycles. The second-order valence-electron chi connectivity index (χ2n) is 10.5. The Morgan fingerprint density at radius 2 is 1.82 bits per heavy atom. The number of rotatable bonds is 8. The van der Waals surface area contributed by atoms with Crippen LogP contribution in [-0.2, 0) is 12.5 Å². The van der Waals surface area contributed by atoms with E-state index in [0.717, 1.165) is 31.4 Å². The Kier molecular flexibility index (Phi) is 8.61. The number of piperazine rings is 1. The summed E-state index contributed by atoms with van der Waals surface area (Å²) in [6, 6.07) is 2.64. The first-order valence-corrected chi connectivity index (χ1v) is 14.9. The van der Waals surface area contributed by atoms with E-state index in [0.29, 0.717) is 54.3 Å². The molecule has 0 unspecified atom stereocenters. The van der Waals surface area contributed by atoms with E-state index < -0.39 is 34.6 Å². The van der Waals surface area contributed by atoms with Gasteiger partial charge < -0.3 is 24.8 Å². The molecule has 4 aromatic heterocycles. The minimum atomic E-state index is -3.18. The quantitative estimate of drug-likeness (QED) is 0.261. The molecule has 0 aliphatic carbocycles. The fraction of sp³-hybridized carbons (Fsp3) is 0.379. The minimum absolute atomic E-state index is 0.0926. The van der Waals surface area contributed by atoms with Crippen LogP contribution >= 0.6 is 11.3 Å². The van der Waals surface area contributed by atoms with E-state index >= 15 is 0 Å². The van der Waals surface area contributed by atoms with Gasteiger partial charge in [0.15, 0.2) is 0 Å². The third kappa shape index (κ3) is 6.10. The average Bonchev–Trinajstić information content (AvgIpc) is 3.49. The Hall–Kier alpha value is -4.50. The van der Waals surface area contributed by atoms with Crippen molar-refractivity contribution < 1.29 is 23.5 Å². The number of aromatic carboxylic acids is 1. The maximum absolute atomic E-state index is 14.2. The summed E-state index contributed by atoms with van der Waals surface area (Å²) >= 11 is 1.01. The molecule has 232 valence electrons. The van der Waals surface area contributed by atoms with Gasteiger partial charge in [0.05, 0.1) is 5.39 Å². The van der Waals surface area contributed by atoms with Crippen molar-refractivity contribution in [3.05, 3.63) is 51.4 Å². The molecule has 5 heterocycles. The number of carboxylic acids is 1. The smallest absolute Gasteiger partial charge is 0.341 e. The van der Waals surface area contributed by atoms with Crippen LogP contribution in [0.2, 0.25) is 0 Å². The van der Waals surface area contributed by atoms with Crippen LogP contribution in [0, 0.1) is 0 Å². The summed E-state index contributed by atoms with van der Waals surface area (Å²) in [5, 5.41) is 16.6. The number of likely N-dealkylation sites (N-methyl/N-ethyl adjacent to an activating group) is 1. The molecule has 4 aromatic rings. The third-order valence-corrected chi connectivity index (χ3v) is 8.24. The van der Waals surface area contributed by atoms with Gasteiger partial charge in [0.2, 0.25) is 5.43 Å². The maximum Gasteiger partial charge on any atom is 0.341 e. The van der Waals surface area contributed by atoms with E-state index in [4.69, 9.17) is 4.98 Å². The molecule has 12 nitrogen and oxygen atoms in total. The van der Waals surface area contributed by atoms with Gasteiger partial charge in [-0.1, -0.05) is 0 Å². The molecule has 3 N–H and O–H groups in total. The standard InChI is InChI=1S/C29H32F2N8O4S/c1-5-32-28(43)35-22-12-17(26-34-21(15-44-26)29(3,30)31)19(13-33-22)16-11-18-23(40)20(27(41)42)14-38(6-2)25(18)36-24(16)39-9-7-37(4)8-10-39/h11-15H,5-10H2,1-4H3,(H,41,42)(H2,32,33,35,43). The second kappa shape index (κ2) is 12.2. The second-order valence-corrected chi connectivity index (χ2v) is 11.4. The summed E-state index contributed by atoms with van der Waals surface area (Å²) in [5.41, 5.74) is 0.0949. The number of fused-ring (bicyclic) bond motifs is 1. The molecule has 44 heavy (non-hydrogen) atoms. The highest BCUT2D eigenvalue weighted by atomic mass is 32.1. The molecule has 0 bridgehead atoms. The van der Waals surface area contributed by atoms with Crippen molar-refractivity contribution >= 4 is 46.0 Å². The number of hydrogen-bond acceptors (Lipinski definition) is 9. The van der Waals surface area contributed by atoms with Crippen LogP contribution < -0.4 is 21.0 Å². The van der Waals surface area contributed by atoms with Crippen LogP contribution in [0.5, 0.6) is 0 Å². The van der Waals surface area contributed by atoms with Crippen LogP contribution in [0.3, 0.4) is 0 Å². The Bertz CT molecular complexity index is 1790. The highest BCUT2D eigenvalue weighted by Gasteiger charge is 2.30. The first kappa shape index (κ1) is 30.9. The number of nitrogens with zero attached hydrogens (tertiary/aromatic N) is 6. The number of halogens is 2. The lowest BCUT2D eigenvalue weighted by molar-refractivity contribution is 0.0135. The van der Waals surface area contributed by atoms with Crippen molar-refractivity contribution in [2.75, 3.05) is 50.0 Å². The van der Waals surface area contributed by atoms with Gasteiger partial charge in [-0.3, -0.25) is 10.1 Å². The summed E-state index contributed by atoms with van der Waals surface area (Å²) in [5.74, 6) is -3.85. The Morgan fingerprint density at radius 1 is 1.09 bits per heavy atom. The van der Waals surface area contributed by atoms with Crippen molar-refractivity contribution in [3.8, 4) is 21.7 Å². The first-order valence-electron chi connectivity index (χ1n) is 14.1. The van der Waals surface area contributed by atoms with Gasteiger partial charge in [0, 0.05) is 80.7 Å². The summed E-state index contributed by atoms with van der Waals surface area (Å²) in [6.07, 6.45) is 2.77. The van der Waals surface area contributed by atoms with Crippen LogP contribution in [0.4, 0.5) is 25.2 Å². The molecular formula is C29H32F2N8O4S. The van der Waals surface area contributed by atoms with Gasteiger partial charge in [0.25, 0.3) is 5.92 Å². The number of thiazole rings is 1. The molecule has 0 aromatic carbocycles.